The summed E-state index contributed by atoms with van der Waals surface area (Å²) in [6.45, 7) is 10.9. The zero-order valence-electron chi connectivity index (χ0n) is 26.0. The molecule has 0 N–H and O–H groups in total. The molecule has 0 atom stereocenters. The van der Waals surface area contributed by atoms with Crippen molar-refractivity contribution >= 4 is 0 Å². The molecule has 5 heteroatoms. The van der Waals surface area contributed by atoms with E-state index in [4.69, 9.17) is 24.9 Å². The van der Waals surface area contributed by atoms with Crippen molar-refractivity contribution in [1.29, 1.82) is 0 Å². The zero-order valence-corrected chi connectivity index (χ0v) is 26.0. The van der Waals surface area contributed by atoms with Crippen LogP contribution in [0.2, 0.25) is 0 Å². The number of aromatic nitrogens is 5. The first-order valence-electron chi connectivity index (χ1n) is 15.1. The molecule has 0 aliphatic heterocycles. The van der Waals surface area contributed by atoms with E-state index in [1.165, 1.54) is 5.56 Å². The highest BCUT2D eigenvalue weighted by Gasteiger charge is 2.27. The summed E-state index contributed by atoms with van der Waals surface area (Å²) in [6.07, 6.45) is 0.746. The van der Waals surface area contributed by atoms with E-state index in [0.717, 1.165) is 51.7 Å². The van der Waals surface area contributed by atoms with Crippen molar-refractivity contribution in [2.45, 2.75) is 51.9 Å². The molecule has 5 nitrogen and oxygen atoms in total. The molecule has 0 aliphatic carbocycles. The molecule has 2 aromatic heterocycles. The first kappa shape index (κ1) is 29.1. The normalized spacial score (nSPS) is 11.8. The van der Waals surface area contributed by atoms with Crippen LogP contribution in [0.5, 0.6) is 0 Å². The van der Waals surface area contributed by atoms with Crippen molar-refractivity contribution in [2.24, 2.45) is 0 Å². The summed E-state index contributed by atoms with van der Waals surface area (Å²) in [5.74, 6) is 2.95. The fourth-order valence-electron chi connectivity index (χ4n) is 5.23. The van der Waals surface area contributed by atoms with E-state index in [-0.39, 0.29) is 10.8 Å². The van der Waals surface area contributed by atoms with Gasteiger partial charge in [-0.25, -0.2) is 24.9 Å². The average molecular weight is 576 g/mol. The summed E-state index contributed by atoms with van der Waals surface area (Å²) in [5.41, 5.74) is 6.56. The molecule has 0 saturated heterocycles. The molecule has 0 saturated carbocycles. The highest BCUT2D eigenvalue weighted by atomic mass is 15.0. The van der Waals surface area contributed by atoms with Gasteiger partial charge in [-0.1, -0.05) is 144 Å². The third-order valence-electron chi connectivity index (χ3n) is 7.64. The SMILES string of the molecule is CC(C)(C)c1nc(-c2ccccc2)cc(-c2cccc(CC(C)(C)c3nc(-c4ccccc4)nc(-c4ccccc4)n3)c2)n1. The Labute approximate surface area is 260 Å². The van der Waals surface area contributed by atoms with E-state index in [0.29, 0.717) is 11.6 Å². The quantitative estimate of drug-likeness (QED) is 0.190. The van der Waals surface area contributed by atoms with Gasteiger partial charge in [0.15, 0.2) is 11.6 Å². The van der Waals surface area contributed by atoms with Crippen LogP contribution in [-0.2, 0) is 17.3 Å². The van der Waals surface area contributed by atoms with E-state index in [1.807, 2.05) is 78.9 Å². The van der Waals surface area contributed by atoms with Crippen LogP contribution in [0.4, 0.5) is 0 Å². The third-order valence-corrected chi connectivity index (χ3v) is 7.64. The molecule has 0 fully saturated rings. The van der Waals surface area contributed by atoms with Crippen molar-refractivity contribution in [3.05, 3.63) is 139 Å². The van der Waals surface area contributed by atoms with E-state index in [1.54, 1.807) is 0 Å². The van der Waals surface area contributed by atoms with Gasteiger partial charge < -0.3 is 0 Å². The summed E-state index contributed by atoms with van der Waals surface area (Å²) >= 11 is 0. The fraction of sp³-hybridized carbons (Fsp3) is 0.205. The Morgan fingerprint density at radius 2 is 0.909 bits per heavy atom. The van der Waals surface area contributed by atoms with E-state index in [9.17, 15) is 0 Å². The maximum atomic E-state index is 5.04. The van der Waals surface area contributed by atoms with Gasteiger partial charge in [-0.3, -0.25) is 0 Å². The van der Waals surface area contributed by atoms with Crippen molar-refractivity contribution in [3.8, 4) is 45.3 Å². The minimum Gasteiger partial charge on any atom is -0.232 e. The van der Waals surface area contributed by atoms with Crippen LogP contribution in [0.15, 0.2) is 121 Å². The second-order valence-corrected chi connectivity index (χ2v) is 12.9. The van der Waals surface area contributed by atoms with Gasteiger partial charge in [0, 0.05) is 33.1 Å². The van der Waals surface area contributed by atoms with Crippen molar-refractivity contribution < 1.29 is 0 Å². The Bertz CT molecular complexity index is 1820. The molecular formula is C39H37N5. The lowest BCUT2D eigenvalue weighted by Gasteiger charge is -2.24. The standard InChI is InChI=1S/C39H37N5/c1-38(2,3)36-40-32(28-17-9-6-10-18-28)25-33(41-36)31-23-15-16-27(24-31)26-39(4,5)37-43-34(29-19-11-7-12-20-29)42-35(44-37)30-21-13-8-14-22-30/h6-25H,26H2,1-5H3. The second-order valence-electron chi connectivity index (χ2n) is 12.9. The summed E-state index contributed by atoms with van der Waals surface area (Å²) < 4.78 is 0. The van der Waals surface area contributed by atoms with Crippen LogP contribution in [0.25, 0.3) is 45.3 Å². The fourth-order valence-corrected chi connectivity index (χ4v) is 5.23. The number of hydrogen-bond acceptors (Lipinski definition) is 5. The molecule has 6 rings (SSSR count). The van der Waals surface area contributed by atoms with Gasteiger partial charge in [0.05, 0.1) is 11.4 Å². The van der Waals surface area contributed by atoms with E-state index >= 15 is 0 Å². The van der Waals surface area contributed by atoms with Crippen LogP contribution in [0.3, 0.4) is 0 Å². The lowest BCUT2D eigenvalue weighted by Crippen LogP contribution is -2.25. The summed E-state index contributed by atoms with van der Waals surface area (Å²) in [7, 11) is 0. The van der Waals surface area contributed by atoms with Gasteiger partial charge in [0.2, 0.25) is 0 Å². The first-order chi connectivity index (χ1) is 21.2. The maximum absolute atomic E-state index is 5.04. The molecular weight excluding hydrogens is 538 g/mol. The number of benzene rings is 4. The van der Waals surface area contributed by atoms with Crippen molar-refractivity contribution in [2.75, 3.05) is 0 Å². The van der Waals surface area contributed by atoms with E-state index in [2.05, 4.69) is 77.1 Å². The predicted octanol–water partition coefficient (Wildman–Crippen LogP) is 9.15. The first-order valence-corrected chi connectivity index (χ1v) is 15.1. The van der Waals surface area contributed by atoms with E-state index < -0.39 is 0 Å². The number of hydrogen-bond donors (Lipinski definition) is 0. The summed E-state index contributed by atoms with van der Waals surface area (Å²) in [5, 5.41) is 0. The Morgan fingerprint density at radius 3 is 1.43 bits per heavy atom. The minimum absolute atomic E-state index is 0.190. The van der Waals surface area contributed by atoms with Gasteiger partial charge in [0.1, 0.15) is 11.6 Å². The molecule has 0 unspecified atom stereocenters. The largest absolute Gasteiger partial charge is 0.232 e. The smallest absolute Gasteiger partial charge is 0.163 e. The lowest BCUT2D eigenvalue weighted by atomic mass is 9.84. The highest BCUT2D eigenvalue weighted by molar-refractivity contribution is 5.68. The third kappa shape index (κ3) is 6.47. The van der Waals surface area contributed by atoms with Gasteiger partial charge >= 0.3 is 0 Å². The summed E-state index contributed by atoms with van der Waals surface area (Å²) in [4.78, 5) is 24.9. The monoisotopic (exact) mass is 575 g/mol. The molecule has 4 aromatic carbocycles. The van der Waals surface area contributed by atoms with Gasteiger partial charge in [-0.15, -0.1) is 0 Å². The molecule has 218 valence electrons. The van der Waals surface area contributed by atoms with Gasteiger partial charge in [0.25, 0.3) is 0 Å². The lowest BCUT2D eigenvalue weighted by molar-refractivity contribution is 0.486. The van der Waals surface area contributed by atoms with Crippen LogP contribution < -0.4 is 0 Å². The van der Waals surface area contributed by atoms with Gasteiger partial charge in [-0.05, 0) is 24.1 Å². The molecule has 44 heavy (non-hydrogen) atoms. The summed E-state index contributed by atoms with van der Waals surface area (Å²) in [6, 6.07) is 41.3. The second kappa shape index (κ2) is 11.9. The average Bonchev–Trinajstić information content (AvgIpc) is 3.05. The Morgan fingerprint density at radius 1 is 0.432 bits per heavy atom. The minimum atomic E-state index is -0.369. The molecule has 0 amide bonds. The van der Waals surface area contributed by atoms with Crippen LogP contribution in [0, 0.1) is 0 Å². The van der Waals surface area contributed by atoms with Gasteiger partial charge in [-0.2, -0.15) is 0 Å². The molecule has 0 radical (unpaired) electrons. The van der Waals surface area contributed by atoms with Crippen LogP contribution >= 0.6 is 0 Å². The van der Waals surface area contributed by atoms with Crippen LogP contribution in [-0.4, -0.2) is 24.9 Å². The molecule has 2 heterocycles. The van der Waals surface area contributed by atoms with Crippen LogP contribution in [0.1, 0.15) is 51.8 Å². The zero-order chi connectivity index (χ0) is 30.7. The van der Waals surface area contributed by atoms with Crippen molar-refractivity contribution in [1.82, 2.24) is 24.9 Å². The highest BCUT2D eigenvalue weighted by Crippen LogP contribution is 2.32. The Balaban J connectivity index is 1.38. The predicted molar refractivity (Wildman–Crippen MR) is 179 cm³/mol. The maximum Gasteiger partial charge on any atom is 0.163 e. The molecule has 0 bridgehead atoms. The number of rotatable bonds is 7. The van der Waals surface area contributed by atoms with Crippen molar-refractivity contribution in [3.63, 3.8) is 0 Å². The molecule has 0 aliphatic rings. The number of nitrogens with zero attached hydrogens (tertiary/aromatic N) is 5. The Kier molecular flexibility index (Phi) is 7.88. The Hall–Kier alpha value is -5.03. The topological polar surface area (TPSA) is 64.5 Å². The molecule has 6 aromatic rings. The molecule has 0 spiro atoms.